The van der Waals surface area contributed by atoms with E-state index in [1.165, 1.54) is 13.4 Å². The summed E-state index contributed by atoms with van der Waals surface area (Å²) in [5, 5.41) is 13.8. The summed E-state index contributed by atoms with van der Waals surface area (Å²) >= 11 is 0. The molecule has 0 fully saturated rings. The first kappa shape index (κ1) is 14.1. The van der Waals surface area contributed by atoms with Crippen LogP contribution in [0.4, 0.5) is 11.5 Å². The summed E-state index contributed by atoms with van der Waals surface area (Å²) in [6.07, 6.45) is 0.887. The number of anilines is 1. The maximum atomic E-state index is 11.0. The fraction of sp³-hybridized carbons (Fsp3) is 0.600. The zero-order valence-electron chi connectivity index (χ0n) is 10.5. The Labute approximate surface area is 104 Å². The number of rotatable bonds is 7. The highest BCUT2D eigenvalue weighted by Gasteiger charge is 2.25. The van der Waals surface area contributed by atoms with Crippen molar-refractivity contribution in [2.75, 3.05) is 25.6 Å². The Hall–Kier alpha value is -1.96. The van der Waals surface area contributed by atoms with Gasteiger partial charge in [-0.15, -0.1) is 0 Å². The van der Waals surface area contributed by atoms with Crippen molar-refractivity contribution in [2.24, 2.45) is 0 Å². The molecule has 1 rings (SSSR count). The molecule has 8 nitrogen and oxygen atoms in total. The molecule has 0 aliphatic rings. The summed E-state index contributed by atoms with van der Waals surface area (Å²) in [6.45, 7) is 4.39. The molecular weight excluding hydrogens is 240 g/mol. The van der Waals surface area contributed by atoms with Crippen molar-refractivity contribution < 1.29 is 14.4 Å². The number of hydrogen-bond acceptors (Lipinski definition) is 7. The summed E-state index contributed by atoms with van der Waals surface area (Å²) in [7, 11) is 1.53. The Morgan fingerprint density at radius 3 is 2.83 bits per heavy atom. The van der Waals surface area contributed by atoms with Crippen molar-refractivity contribution in [3.05, 3.63) is 16.4 Å². The van der Waals surface area contributed by atoms with Crippen molar-refractivity contribution in [2.45, 2.75) is 20.0 Å². The Morgan fingerprint density at radius 2 is 2.28 bits per heavy atom. The Morgan fingerprint density at radius 1 is 1.56 bits per heavy atom. The number of ether oxygens (including phenoxy) is 2. The van der Waals surface area contributed by atoms with Gasteiger partial charge in [0.1, 0.15) is 12.4 Å². The molecule has 0 aliphatic heterocycles. The van der Waals surface area contributed by atoms with E-state index in [9.17, 15) is 10.1 Å². The SMILES string of the molecule is CCNc1ncnc(OC(C)COC)c1[N+](=O)[O-]. The number of methoxy groups -OCH3 is 1. The lowest BCUT2D eigenvalue weighted by molar-refractivity contribution is -0.385. The van der Waals surface area contributed by atoms with E-state index >= 15 is 0 Å². The molecule has 1 N–H and O–H groups in total. The quantitative estimate of drug-likeness (QED) is 0.578. The highest BCUT2D eigenvalue weighted by atomic mass is 16.6. The van der Waals surface area contributed by atoms with E-state index in [-0.39, 0.29) is 23.5 Å². The number of hydrogen-bond donors (Lipinski definition) is 1. The van der Waals surface area contributed by atoms with Crippen LogP contribution in [0.15, 0.2) is 6.33 Å². The molecule has 0 amide bonds. The first-order valence-corrected chi connectivity index (χ1v) is 5.49. The second-order valence-corrected chi connectivity index (χ2v) is 3.55. The largest absolute Gasteiger partial charge is 0.467 e. The van der Waals surface area contributed by atoms with E-state index in [0.717, 1.165) is 0 Å². The van der Waals surface area contributed by atoms with Crippen LogP contribution in [0.5, 0.6) is 5.88 Å². The van der Waals surface area contributed by atoms with Gasteiger partial charge in [0.2, 0.25) is 5.82 Å². The maximum absolute atomic E-state index is 11.0. The molecule has 0 bridgehead atoms. The fourth-order valence-electron chi connectivity index (χ4n) is 1.37. The van der Waals surface area contributed by atoms with Crippen LogP contribution in [0.2, 0.25) is 0 Å². The van der Waals surface area contributed by atoms with Crippen LogP contribution in [0.1, 0.15) is 13.8 Å². The molecule has 1 unspecified atom stereocenters. The van der Waals surface area contributed by atoms with Gasteiger partial charge in [-0.2, -0.15) is 4.98 Å². The second-order valence-electron chi connectivity index (χ2n) is 3.55. The van der Waals surface area contributed by atoms with Crippen molar-refractivity contribution >= 4 is 11.5 Å². The third-order valence-corrected chi connectivity index (χ3v) is 2.03. The average molecular weight is 256 g/mol. The van der Waals surface area contributed by atoms with E-state index in [2.05, 4.69) is 15.3 Å². The third kappa shape index (κ3) is 3.52. The van der Waals surface area contributed by atoms with E-state index in [4.69, 9.17) is 9.47 Å². The van der Waals surface area contributed by atoms with Crippen LogP contribution in [-0.2, 0) is 4.74 Å². The lowest BCUT2D eigenvalue weighted by atomic mass is 10.4. The minimum Gasteiger partial charge on any atom is -0.467 e. The van der Waals surface area contributed by atoms with Gasteiger partial charge in [0.15, 0.2) is 0 Å². The second kappa shape index (κ2) is 6.70. The van der Waals surface area contributed by atoms with E-state index in [1.807, 2.05) is 6.92 Å². The smallest absolute Gasteiger partial charge is 0.372 e. The minimum absolute atomic E-state index is 0.0597. The van der Waals surface area contributed by atoms with Gasteiger partial charge in [0, 0.05) is 13.7 Å². The summed E-state index contributed by atoms with van der Waals surface area (Å²) in [4.78, 5) is 18.1. The van der Waals surface area contributed by atoms with Gasteiger partial charge in [0.25, 0.3) is 5.88 Å². The molecule has 100 valence electrons. The zero-order valence-corrected chi connectivity index (χ0v) is 10.5. The normalized spacial score (nSPS) is 11.9. The topological polar surface area (TPSA) is 99.4 Å². The molecule has 1 atom stereocenters. The third-order valence-electron chi connectivity index (χ3n) is 2.03. The first-order valence-electron chi connectivity index (χ1n) is 5.49. The molecule has 0 spiro atoms. The number of nitro groups is 1. The molecule has 1 aromatic heterocycles. The molecule has 0 aliphatic carbocycles. The average Bonchev–Trinajstić information content (AvgIpc) is 2.29. The van der Waals surface area contributed by atoms with Gasteiger partial charge >= 0.3 is 5.69 Å². The van der Waals surface area contributed by atoms with E-state index in [0.29, 0.717) is 13.2 Å². The summed E-state index contributed by atoms with van der Waals surface area (Å²) in [5.74, 6) is 0.0904. The number of aromatic nitrogens is 2. The molecule has 0 saturated carbocycles. The Bertz CT molecular complexity index is 413. The molecule has 18 heavy (non-hydrogen) atoms. The molecule has 0 aromatic carbocycles. The maximum Gasteiger partial charge on any atom is 0.372 e. The molecule has 8 heteroatoms. The zero-order chi connectivity index (χ0) is 13.5. The van der Waals surface area contributed by atoms with E-state index < -0.39 is 4.92 Å². The summed E-state index contributed by atoms with van der Waals surface area (Å²) in [5.41, 5.74) is -0.262. The van der Waals surface area contributed by atoms with Crippen LogP contribution < -0.4 is 10.1 Å². The van der Waals surface area contributed by atoms with Gasteiger partial charge in [-0.1, -0.05) is 0 Å². The first-order chi connectivity index (χ1) is 8.60. The van der Waals surface area contributed by atoms with Crippen LogP contribution >= 0.6 is 0 Å². The van der Waals surface area contributed by atoms with Crippen LogP contribution in [0, 0.1) is 10.1 Å². The van der Waals surface area contributed by atoms with E-state index in [1.54, 1.807) is 6.92 Å². The molecule has 0 saturated heterocycles. The molecular formula is C10H16N4O4. The van der Waals surface area contributed by atoms with Gasteiger partial charge in [-0.3, -0.25) is 10.1 Å². The van der Waals surface area contributed by atoms with Gasteiger partial charge in [0.05, 0.1) is 11.5 Å². The minimum atomic E-state index is -0.563. The van der Waals surface area contributed by atoms with Crippen molar-refractivity contribution in [3.63, 3.8) is 0 Å². The predicted octanol–water partition coefficient (Wildman–Crippen LogP) is 1.23. The van der Waals surface area contributed by atoms with Crippen LogP contribution in [0.25, 0.3) is 0 Å². The van der Waals surface area contributed by atoms with Gasteiger partial charge in [-0.05, 0) is 13.8 Å². The fourth-order valence-corrected chi connectivity index (χ4v) is 1.37. The lowest BCUT2D eigenvalue weighted by Crippen LogP contribution is -2.19. The molecule has 1 heterocycles. The molecule has 0 radical (unpaired) electrons. The van der Waals surface area contributed by atoms with Crippen molar-refractivity contribution in [1.82, 2.24) is 9.97 Å². The highest BCUT2D eigenvalue weighted by Crippen LogP contribution is 2.31. The highest BCUT2D eigenvalue weighted by molar-refractivity contribution is 5.61. The Kier molecular flexibility index (Phi) is 5.25. The summed E-state index contributed by atoms with van der Waals surface area (Å²) in [6, 6.07) is 0. The van der Waals surface area contributed by atoms with Gasteiger partial charge < -0.3 is 14.8 Å². The predicted molar refractivity (Wildman–Crippen MR) is 64.8 cm³/mol. The van der Waals surface area contributed by atoms with Gasteiger partial charge in [-0.25, -0.2) is 4.98 Å². The summed E-state index contributed by atoms with van der Waals surface area (Å²) < 4.78 is 10.3. The number of nitrogens with one attached hydrogen (secondary N) is 1. The van der Waals surface area contributed by atoms with Crippen LogP contribution in [0.3, 0.4) is 0 Å². The Balaban J connectivity index is 3.02. The number of nitrogens with zero attached hydrogens (tertiary/aromatic N) is 3. The van der Waals surface area contributed by atoms with Crippen molar-refractivity contribution in [1.29, 1.82) is 0 Å². The standard InChI is InChI=1S/C10H16N4O4/c1-4-11-9-8(14(15)16)10(13-6-12-9)18-7(2)5-17-3/h6-7H,4-5H2,1-3H3,(H,11,12,13). The lowest BCUT2D eigenvalue weighted by Gasteiger charge is -2.13. The monoisotopic (exact) mass is 256 g/mol. The molecule has 1 aromatic rings. The van der Waals surface area contributed by atoms with Crippen LogP contribution in [-0.4, -0.2) is 41.3 Å². The van der Waals surface area contributed by atoms with Crippen molar-refractivity contribution in [3.8, 4) is 5.88 Å².